The molecule has 1 aromatic heterocycles. The van der Waals surface area contributed by atoms with Crippen molar-refractivity contribution >= 4 is 44.4 Å². The molecule has 0 aliphatic heterocycles. The minimum absolute atomic E-state index is 0.155. The SMILES string of the molecule is Cc1nnc(S(=O)(=O)CC(=O)Nc2ccc(C)c(Cl)c2)s1. The van der Waals surface area contributed by atoms with Crippen molar-refractivity contribution in [2.45, 2.75) is 18.2 Å². The van der Waals surface area contributed by atoms with Crippen LogP contribution in [0.25, 0.3) is 0 Å². The van der Waals surface area contributed by atoms with E-state index in [0.717, 1.165) is 16.9 Å². The van der Waals surface area contributed by atoms with Crippen LogP contribution in [0.3, 0.4) is 0 Å². The Morgan fingerprint density at radius 3 is 2.62 bits per heavy atom. The lowest BCUT2D eigenvalue weighted by atomic mass is 10.2. The number of aryl methyl sites for hydroxylation is 2. The lowest BCUT2D eigenvalue weighted by molar-refractivity contribution is -0.113. The van der Waals surface area contributed by atoms with Gasteiger partial charge in [-0.25, -0.2) is 8.42 Å². The summed E-state index contributed by atoms with van der Waals surface area (Å²) in [5.74, 6) is -1.34. The normalized spacial score (nSPS) is 11.4. The molecule has 0 aliphatic rings. The van der Waals surface area contributed by atoms with E-state index >= 15 is 0 Å². The third kappa shape index (κ3) is 3.99. The van der Waals surface area contributed by atoms with Crippen molar-refractivity contribution in [2.75, 3.05) is 11.1 Å². The molecule has 0 atom stereocenters. The van der Waals surface area contributed by atoms with Crippen molar-refractivity contribution in [3.05, 3.63) is 33.8 Å². The van der Waals surface area contributed by atoms with Gasteiger partial charge in [-0.1, -0.05) is 29.0 Å². The standard InChI is InChI=1S/C12H12ClN3O3S2/c1-7-3-4-9(5-10(7)13)14-11(17)6-21(18,19)12-16-15-8(2)20-12/h3-5H,6H2,1-2H3,(H,14,17). The minimum Gasteiger partial charge on any atom is -0.325 e. The topological polar surface area (TPSA) is 89.0 Å². The Bertz CT molecular complexity index is 787. The quantitative estimate of drug-likeness (QED) is 0.917. The molecule has 1 amide bonds. The number of amides is 1. The number of halogens is 1. The molecular weight excluding hydrogens is 334 g/mol. The van der Waals surface area contributed by atoms with Gasteiger partial charge < -0.3 is 5.32 Å². The summed E-state index contributed by atoms with van der Waals surface area (Å²) in [6.45, 7) is 3.47. The zero-order valence-electron chi connectivity index (χ0n) is 11.3. The summed E-state index contributed by atoms with van der Waals surface area (Å²) in [6, 6.07) is 4.96. The Kier molecular flexibility index (Phi) is 4.60. The van der Waals surface area contributed by atoms with Crippen molar-refractivity contribution in [1.29, 1.82) is 0 Å². The number of carbonyl (C=O) groups is 1. The van der Waals surface area contributed by atoms with E-state index in [-0.39, 0.29) is 4.34 Å². The third-order valence-electron chi connectivity index (χ3n) is 2.55. The van der Waals surface area contributed by atoms with E-state index in [9.17, 15) is 13.2 Å². The van der Waals surface area contributed by atoms with Crippen molar-refractivity contribution in [2.24, 2.45) is 0 Å². The molecule has 0 unspecified atom stereocenters. The molecule has 0 aliphatic carbocycles. The Labute approximate surface area is 131 Å². The Balaban J connectivity index is 2.09. The largest absolute Gasteiger partial charge is 0.325 e. The van der Waals surface area contributed by atoms with E-state index in [0.29, 0.717) is 15.7 Å². The first-order valence-corrected chi connectivity index (χ1v) is 8.71. The van der Waals surface area contributed by atoms with Gasteiger partial charge >= 0.3 is 0 Å². The summed E-state index contributed by atoms with van der Waals surface area (Å²) in [5, 5.41) is 10.7. The van der Waals surface area contributed by atoms with Crippen LogP contribution in [0.4, 0.5) is 5.69 Å². The molecule has 1 N–H and O–H groups in total. The molecule has 0 saturated heterocycles. The van der Waals surface area contributed by atoms with Crippen LogP contribution in [0, 0.1) is 13.8 Å². The second kappa shape index (κ2) is 6.08. The summed E-state index contributed by atoms with van der Waals surface area (Å²) in [7, 11) is -3.78. The van der Waals surface area contributed by atoms with Crippen LogP contribution in [-0.2, 0) is 14.6 Å². The molecule has 2 aromatic rings. The van der Waals surface area contributed by atoms with E-state index < -0.39 is 21.5 Å². The van der Waals surface area contributed by atoms with E-state index in [1.54, 1.807) is 25.1 Å². The van der Waals surface area contributed by atoms with Crippen molar-refractivity contribution < 1.29 is 13.2 Å². The predicted octanol–water partition coefficient (Wildman–Crippen LogP) is 2.22. The second-order valence-corrected chi connectivity index (χ2v) is 8.11. The first-order chi connectivity index (χ1) is 9.78. The van der Waals surface area contributed by atoms with Gasteiger partial charge in [-0.3, -0.25) is 4.79 Å². The van der Waals surface area contributed by atoms with E-state index in [2.05, 4.69) is 15.5 Å². The van der Waals surface area contributed by atoms with Gasteiger partial charge in [0, 0.05) is 10.7 Å². The number of hydrogen-bond acceptors (Lipinski definition) is 6. The fourth-order valence-electron chi connectivity index (χ4n) is 1.51. The van der Waals surface area contributed by atoms with E-state index in [4.69, 9.17) is 11.6 Å². The molecule has 0 radical (unpaired) electrons. The Hall–Kier alpha value is -1.51. The average molecular weight is 346 g/mol. The fourth-order valence-corrected chi connectivity index (χ4v) is 3.86. The van der Waals surface area contributed by atoms with E-state index in [1.807, 2.05) is 6.92 Å². The molecule has 2 rings (SSSR count). The molecule has 0 spiro atoms. The zero-order valence-corrected chi connectivity index (χ0v) is 13.6. The van der Waals surface area contributed by atoms with E-state index in [1.165, 1.54) is 0 Å². The molecule has 6 nitrogen and oxygen atoms in total. The first kappa shape index (κ1) is 15.9. The van der Waals surface area contributed by atoms with Gasteiger partial charge in [-0.2, -0.15) is 0 Å². The maximum Gasteiger partial charge on any atom is 0.240 e. The first-order valence-electron chi connectivity index (χ1n) is 5.87. The molecule has 21 heavy (non-hydrogen) atoms. The van der Waals surface area contributed by atoms with Crippen LogP contribution >= 0.6 is 22.9 Å². The van der Waals surface area contributed by atoms with Crippen LogP contribution in [-0.4, -0.2) is 30.3 Å². The van der Waals surface area contributed by atoms with Gasteiger partial charge in [-0.15, -0.1) is 10.2 Å². The maximum absolute atomic E-state index is 12.0. The lowest BCUT2D eigenvalue weighted by Crippen LogP contribution is -2.23. The number of rotatable bonds is 4. The van der Waals surface area contributed by atoms with Gasteiger partial charge in [0.25, 0.3) is 0 Å². The predicted molar refractivity (Wildman–Crippen MR) is 81.5 cm³/mol. The maximum atomic E-state index is 12.0. The highest BCUT2D eigenvalue weighted by Gasteiger charge is 2.23. The fraction of sp³-hybridized carbons (Fsp3) is 0.250. The van der Waals surface area contributed by atoms with Crippen molar-refractivity contribution in [3.63, 3.8) is 0 Å². The third-order valence-corrected chi connectivity index (χ3v) is 5.86. The number of hydrogen-bond donors (Lipinski definition) is 1. The van der Waals surface area contributed by atoms with Gasteiger partial charge in [-0.05, 0) is 31.5 Å². The number of sulfone groups is 1. The van der Waals surface area contributed by atoms with Crippen LogP contribution in [0.1, 0.15) is 10.6 Å². The minimum atomic E-state index is -3.78. The number of nitrogens with zero attached hydrogens (tertiary/aromatic N) is 2. The number of anilines is 1. The average Bonchev–Trinajstić information content (AvgIpc) is 2.81. The molecule has 1 heterocycles. The van der Waals surface area contributed by atoms with Crippen LogP contribution in [0.2, 0.25) is 5.02 Å². The summed E-state index contributed by atoms with van der Waals surface area (Å²) in [6.07, 6.45) is 0. The smallest absolute Gasteiger partial charge is 0.240 e. The molecule has 0 saturated carbocycles. The second-order valence-electron chi connectivity index (χ2n) is 4.36. The molecule has 112 valence electrons. The highest BCUT2D eigenvalue weighted by molar-refractivity contribution is 7.94. The summed E-state index contributed by atoms with van der Waals surface area (Å²) >= 11 is 6.88. The van der Waals surface area contributed by atoms with Crippen molar-refractivity contribution in [3.8, 4) is 0 Å². The van der Waals surface area contributed by atoms with Gasteiger partial charge in [0.2, 0.25) is 20.1 Å². The highest BCUT2D eigenvalue weighted by Crippen LogP contribution is 2.20. The number of benzene rings is 1. The molecule has 9 heteroatoms. The number of nitrogens with one attached hydrogen (secondary N) is 1. The molecule has 0 fully saturated rings. The Morgan fingerprint density at radius 2 is 2.05 bits per heavy atom. The van der Waals surface area contributed by atoms with Crippen molar-refractivity contribution in [1.82, 2.24) is 10.2 Å². The Morgan fingerprint density at radius 1 is 1.33 bits per heavy atom. The van der Waals surface area contributed by atoms with Crippen LogP contribution in [0.5, 0.6) is 0 Å². The molecule has 1 aromatic carbocycles. The highest BCUT2D eigenvalue weighted by atomic mass is 35.5. The summed E-state index contributed by atoms with van der Waals surface area (Å²) in [4.78, 5) is 11.8. The molecular formula is C12H12ClN3O3S2. The zero-order chi connectivity index (χ0) is 15.6. The number of carbonyl (C=O) groups excluding carboxylic acids is 1. The monoisotopic (exact) mass is 345 g/mol. The van der Waals surface area contributed by atoms with Crippen LogP contribution < -0.4 is 5.32 Å². The van der Waals surface area contributed by atoms with Crippen LogP contribution in [0.15, 0.2) is 22.5 Å². The van der Waals surface area contributed by atoms with Gasteiger partial charge in [0.1, 0.15) is 10.8 Å². The summed E-state index contributed by atoms with van der Waals surface area (Å²) < 4.78 is 23.8. The molecule has 0 bridgehead atoms. The summed E-state index contributed by atoms with van der Waals surface area (Å²) in [5.41, 5.74) is 1.31. The van der Waals surface area contributed by atoms with Gasteiger partial charge in [0.15, 0.2) is 0 Å². The van der Waals surface area contributed by atoms with Gasteiger partial charge in [0.05, 0.1) is 0 Å². The number of aromatic nitrogens is 2. The lowest BCUT2D eigenvalue weighted by Gasteiger charge is -2.06.